The topological polar surface area (TPSA) is 104 Å². The molecule has 2 aromatic rings. The minimum atomic E-state index is -0.689. The summed E-state index contributed by atoms with van der Waals surface area (Å²) in [5.41, 5.74) is 0.677. The summed E-state index contributed by atoms with van der Waals surface area (Å²) >= 11 is 0. The Morgan fingerprint density at radius 3 is 2.83 bits per heavy atom. The van der Waals surface area contributed by atoms with Crippen molar-refractivity contribution in [1.29, 1.82) is 0 Å². The monoisotopic (exact) mass is 410 g/mol. The molecule has 1 aromatic heterocycles. The van der Waals surface area contributed by atoms with Crippen LogP contribution in [-0.2, 0) is 16.0 Å². The molecule has 4 rings (SSSR count). The van der Waals surface area contributed by atoms with Crippen LogP contribution < -0.4 is 16.0 Å². The zero-order chi connectivity index (χ0) is 21.1. The average Bonchev–Trinajstić information content (AvgIpc) is 3.20. The molecule has 0 saturated carbocycles. The Balaban J connectivity index is 1.39. The number of carbonyl (C=O) groups is 3. The van der Waals surface area contributed by atoms with Crippen LogP contribution in [0.25, 0.3) is 0 Å². The lowest BCUT2D eigenvalue weighted by molar-refractivity contribution is -0.139. The van der Waals surface area contributed by atoms with Gasteiger partial charge in [0, 0.05) is 38.0 Å². The Morgan fingerprint density at radius 1 is 1.20 bits per heavy atom. The molecule has 1 fully saturated rings. The summed E-state index contributed by atoms with van der Waals surface area (Å²) in [5.74, 6) is 0.372. The van der Waals surface area contributed by atoms with Gasteiger partial charge in [0.15, 0.2) is 0 Å². The normalized spacial score (nSPS) is 22.0. The van der Waals surface area contributed by atoms with Crippen LogP contribution in [0.2, 0.25) is 0 Å². The number of fused-ring (bicyclic) bond motifs is 1. The van der Waals surface area contributed by atoms with Crippen LogP contribution in [0.5, 0.6) is 0 Å². The van der Waals surface area contributed by atoms with E-state index >= 15 is 0 Å². The summed E-state index contributed by atoms with van der Waals surface area (Å²) in [6.07, 6.45) is 3.43. The van der Waals surface area contributed by atoms with Gasteiger partial charge in [-0.3, -0.25) is 14.4 Å². The predicted octanol–water partition coefficient (Wildman–Crippen LogP) is 1.89. The first kappa shape index (κ1) is 20.0. The van der Waals surface area contributed by atoms with Crippen molar-refractivity contribution in [2.24, 2.45) is 0 Å². The molecule has 0 bridgehead atoms. The zero-order valence-electron chi connectivity index (χ0n) is 16.9. The van der Waals surface area contributed by atoms with E-state index in [9.17, 15) is 14.4 Å². The van der Waals surface area contributed by atoms with Crippen molar-refractivity contribution < 1.29 is 18.8 Å². The Hall–Kier alpha value is -3.29. The van der Waals surface area contributed by atoms with Crippen molar-refractivity contribution in [3.63, 3.8) is 0 Å². The number of rotatable bonds is 5. The van der Waals surface area contributed by atoms with E-state index in [2.05, 4.69) is 16.0 Å². The summed E-state index contributed by atoms with van der Waals surface area (Å²) in [7, 11) is 0. The Kier molecular flexibility index (Phi) is 5.48. The van der Waals surface area contributed by atoms with E-state index in [1.165, 1.54) is 0 Å². The molecule has 3 heterocycles. The Labute approximate surface area is 175 Å². The fraction of sp³-hybridized carbons (Fsp3) is 0.409. The van der Waals surface area contributed by atoms with Crippen LogP contribution in [0.4, 0.5) is 5.69 Å². The largest absolute Gasteiger partial charge is 0.469 e. The maximum atomic E-state index is 12.8. The molecule has 1 spiro atoms. The highest BCUT2D eigenvalue weighted by atomic mass is 16.3. The molecular formula is C22H26N4O4. The van der Waals surface area contributed by atoms with Crippen molar-refractivity contribution in [2.45, 2.75) is 44.3 Å². The number of hydrogen-bond acceptors (Lipinski definition) is 5. The standard InChI is InChI=1S/C22H26N4O4/c1-15(20(28)23-12-9-16-5-4-14-30-16)26-13-11-22(10-8-19(26)27)24-18-7-3-2-6-17(18)21(29)25-22/h2-7,14-15,24H,8-13H2,1H3,(H,23,28)(H,25,29). The Morgan fingerprint density at radius 2 is 2.03 bits per heavy atom. The number of carbonyl (C=O) groups excluding carboxylic acids is 3. The second-order valence-electron chi connectivity index (χ2n) is 7.84. The van der Waals surface area contributed by atoms with Crippen LogP contribution >= 0.6 is 0 Å². The summed E-state index contributed by atoms with van der Waals surface area (Å²) in [6, 6.07) is 10.4. The van der Waals surface area contributed by atoms with Gasteiger partial charge in [-0.1, -0.05) is 12.1 Å². The van der Waals surface area contributed by atoms with Gasteiger partial charge in [-0.15, -0.1) is 0 Å². The summed E-state index contributed by atoms with van der Waals surface area (Å²) in [5, 5.41) is 9.34. The number of anilines is 1. The number of amides is 3. The predicted molar refractivity (Wildman–Crippen MR) is 111 cm³/mol. The number of furan rings is 1. The fourth-order valence-corrected chi connectivity index (χ4v) is 4.10. The van der Waals surface area contributed by atoms with E-state index < -0.39 is 11.7 Å². The van der Waals surface area contributed by atoms with Gasteiger partial charge in [0.05, 0.1) is 11.8 Å². The number of hydrogen-bond donors (Lipinski definition) is 3. The molecule has 8 heteroatoms. The van der Waals surface area contributed by atoms with Crippen molar-refractivity contribution in [3.05, 3.63) is 54.0 Å². The van der Waals surface area contributed by atoms with Crippen molar-refractivity contribution in [2.75, 3.05) is 18.4 Å². The Bertz CT molecular complexity index is 942. The van der Waals surface area contributed by atoms with Gasteiger partial charge in [-0.2, -0.15) is 0 Å². The van der Waals surface area contributed by atoms with E-state index in [0.29, 0.717) is 37.9 Å². The minimum absolute atomic E-state index is 0.0875. The second-order valence-corrected chi connectivity index (χ2v) is 7.84. The van der Waals surface area contributed by atoms with Gasteiger partial charge < -0.3 is 25.3 Å². The molecule has 1 aromatic carbocycles. The van der Waals surface area contributed by atoms with E-state index in [0.717, 1.165) is 11.4 Å². The molecule has 3 N–H and O–H groups in total. The molecule has 158 valence electrons. The van der Waals surface area contributed by atoms with E-state index in [1.807, 2.05) is 30.3 Å². The van der Waals surface area contributed by atoms with Crippen LogP contribution in [0.3, 0.4) is 0 Å². The summed E-state index contributed by atoms with van der Waals surface area (Å²) < 4.78 is 5.27. The van der Waals surface area contributed by atoms with Gasteiger partial charge in [-0.05, 0) is 37.6 Å². The van der Waals surface area contributed by atoms with Crippen molar-refractivity contribution in [3.8, 4) is 0 Å². The lowest BCUT2D eigenvalue weighted by Gasteiger charge is -2.40. The van der Waals surface area contributed by atoms with Crippen molar-refractivity contribution >= 4 is 23.4 Å². The molecule has 1 saturated heterocycles. The van der Waals surface area contributed by atoms with Gasteiger partial charge >= 0.3 is 0 Å². The molecular weight excluding hydrogens is 384 g/mol. The zero-order valence-corrected chi connectivity index (χ0v) is 16.9. The number of likely N-dealkylation sites (tertiary alicyclic amines) is 1. The van der Waals surface area contributed by atoms with Crippen LogP contribution in [0, 0.1) is 0 Å². The molecule has 8 nitrogen and oxygen atoms in total. The minimum Gasteiger partial charge on any atom is -0.469 e. The molecule has 2 atom stereocenters. The molecule has 0 aliphatic carbocycles. The molecule has 2 aliphatic rings. The summed E-state index contributed by atoms with van der Waals surface area (Å²) in [6.45, 7) is 2.55. The quantitative estimate of drug-likeness (QED) is 0.698. The third-order valence-electron chi connectivity index (χ3n) is 5.86. The molecule has 2 unspecified atom stereocenters. The maximum absolute atomic E-state index is 12.8. The van der Waals surface area contributed by atoms with Gasteiger partial charge in [0.25, 0.3) is 5.91 Å². The third kappa shape index (κ3) is 4.03. The average molecular weight is 410 g/mol. The SMILES string of the molecule is CC(C(=O)NCCc1ccco1)N1CCC2(CCC1=O)NC(=O)c1ccccc1N2. The second kappa shape index (κ2) is 8.22. The lowest BCUT2D eigenvalue weighted by Crippen LogP contribution is -2.58. The van der Waals surface area contributed by atoms with Gasteiger partial charge in [-0.25, -0.2) is 0 Å². The van der Waals surface area contributed by atoms with Gasteiger partial charge in [0.1, 0.15) is 17.5 Å². The number of nitrogens with zero attached hydrogens (tertiary/aromatic N) is 1. The van der Waals surface area contributed by atoms with Crippen LogP contribution in [-0.4, -0.2) is 47.4 Å². The number of benzene rings is 1. The highest BCUT2D eigenvalue weighted by molar-refractivity contribution is 6.02. The first-order valence-corrected chi connectivity index (χ1v) is 10.3. The molecule has 3 amide bonds. The molecule has 0 radical (unpaired) electrons. The van der Waals surface area contributed by atoms with E-state index in [1.54, 1.807) is 24.2 Å². The number of nitrogens with one attached hydrogen (secondary N) is 3. The molecule has 30 heavy (non-hydrogen) atoms. The highest BCUT2D eigenvalue weighted by Crippen LogP contribution is 2.32. The first-order valence-electron chi connectivity index (χ1n) is 10.3. The van der Waals surface area contributed by atoms with Crippen LogP contribution in [0.1, 0.15) is 42.3 Å². The van der Waals surface area contributed by atoms with Crippen LogP contribution in [0.15, 0.2) is 47.1 Å². The maximum Gasteiger partial charge on any atom is 0.255 e. The van der Waals surface area contributed by atoms with Gasteiger partial charge in [0.2, 0.25) is 11.8 Å². The fourth-order valence-electron chi connectivity index (χ4n) is 4.10. The van der Waals surface area contributed by atoms with Crippen molar-refractivity contribution in [1.82, 2.24) is 15.5 Å². The van der Waals surface area contributed by atoms with E-state index in [4.69, 9.17) is 4.42 Å². The van der Waals surface area contributed by atoms with E-state index in [-0.39, 0.29) is 24.1 Å². The first-order chi connectivity index (χ1) is 14.5. The summed E-state index contributed by atoms with van der Waals surface area (Å²) in [4.78, 5) is 39.5. The molecule has 2 aliphatic heterocycles. The lowest BCUT2D eigenvalue weighted by atomic mass is 9.95. The third-order valence-corrected chi connectivity index (χ3v) is 5.86. The number of para-hydroxylation sites is 1. The smallest absolute Gasteiger partial charge is 0.255 e. The highest BCUT2D eigenvalue weighted by Gasteiger charge is 2.41.